The Morgan fingerprint density at radius 2 is 2.30 bits per heavy atom. The third kappa shape index (κ3) is 2.83. The minimum absolute atomic E-state index is 0.149. The number of anilines is 1. The van der Waals surface area contributed by atoms with Gasteiger partial charge in [0, 0.05) is 4.88 Å². The SMILES string of the molecule is CCOC(=O)C(=O)Nc1sc2c(c1C#N)CC[C@H](C)C2. The monoisotopic (exact) mass is 292 g/mol. The number of nitrogens with one attached hydrogen (secondary N) is 1. The van der Waals surface area contributed by atoms with Gasteiger partial charge in [0.1, 0.15) is 11.1 Å². The number of rotatable bonds is 2. The van der Waals surface area contributed by atoms with E-state index < -0.39 is 11.9 Å². The summed E-state index contributed by atoms with van der Waals surface area (Å²) in [5, 5.41) is 12.2. The lowest BCUT2D eigenvalue weighted by atomic mass is 9.89. The van der Waals surface area contributed by atoms with Gasteiger partial charge in [-0.15, -0.1) is 11.3 Å². The van der Waals surface area contributed by atoms with Crippen molar-refractivity contribution >= 4 is 28.2 Å². The van der Waals surface area contributed by atoms with Crippen LogP contribution in [0, 0.1) is 17.2 Å². The van der Waals surface area contributed by atoms with Crippen molar-refractivity contribution in [2.45, 2.75) is 33.1 Å². The van der Waals surface area contributed by atoms with Crippen LogP contribution in [0.3, 0.4) is 0 Å². The number of nitrogens with zero attached hydrogens (tertiary/aromatic N) is 1. The number of amides is 1. The summed E-state index contributed by atoms with van der Waals surface area (Å²) in [6.45, 7) is 3.96. The van der Waals surface area contributed by atoms with Crippen molar-refractivity contribution in [3.63, 3.8) is 0 Å². The molecule has 106 valence electrons. The van der Waals surface area contributed by atoms with E-state index in [1.165, 1.54) is 11.3 Å². The predicted molar refractivity (Wildman–Crippen MR) is 75.5 cm³/mol. The van der Waals surface area contributed by atoms with Crippen LogP contribution >= 0.6 is 11.3 Å². The van der Waals surface area contributed by atoms with E-state index >= 15 is 0 Å². The summed E-state index contributed by atoms with van der Waals surface area (Å²) in [4.78, 5) is 24.1. The van der Waals surface area contributed by atoms with Crippen LogP contribution in [0.1, 0.15) is 36.3 Å². The molecule has 1 aliphatic rings. The first-order valence-corrected chi connectivity index (χ1v) is 7.41. The highest BCUT2D eigenvalue weighted by molar-refractivity contribution is 7.16. The molecule has 0 aliphatic heterocycles. The molecule has 1 aliphatic carbocycles. The molecule has 1 aromatic rings. The van der Waals surface area contributed by atoms with Gasteiger partial charge in [0.05, 0.1) is 12.2 Å². The van der Waals surface area contributed by atoms with Crippen molar-refractivity contribution in [1.29, 1.82) is 5.26 Å². The molecule has 1 amide bonds. The summed E-state index contributed by atoms with van der Waals surface area (Å²) >= 11 is 1.39. The van der Waals surface area contributed by atoms with E-state index in [0.29, 0.717) is 16.5 Å². The molecule has 1 atom stereocenters. The highest BCUT2D eigenvalue weighted by Crippen LogP contribution is 2.39. The van der Waals surface area contributed by atoms with E-state index in [0.717, 1.165) is 29.7 Å². The van der Waals surface area contributed by atoms with Crippen LogP contribution in [-0.2, 0) is 27.2 Å². The van der Waals surface area contributed by atoms with Crippen LogP contribution in [0.2, 0.25) is 0 Å². The third-order valence-electron chi connectivity index (χ3n) is 3.31. The van der Waals surface area contributed by atoms with Gasteiger partial charge in [0.2, 0.25) is 0 Å². The summed E-state index contributed by atoms with van der Waals surface area (Å²) in [7, 11) is 0. The number of nitriles is 1. The van der Waals surface area contributed by atoms with Crippen LogP contribution in [0.5, 0.6) is 0 Å². The van der Waals surface area contributed by atoms with Crippen LogP contribution in [0.15, 0.2) is 0 Å². The minimum Gasteiger partial charge on any atom is -0.459 e. The molecule has 1 N–H and O–H groups in total. The lowest BCUT2D eigenvalue weighted by Crippen LogP contribution is -2.24. The van der Waals surface area contributed by atoms with Gasteiger partial charge in [0.15, 0.2) is 0 Å². The molecule has 1 aromatic heterocycles. The molecular weight excluding hydrogens is 276 g/mol. The second-order valence-corrected chi connectivity index (χ2v) is 5.95. The van der Waals surface area contributed by atoms with Crippen molar-refractivity contribution < 1.29 is 14.3 Å². The second-order valence-electron chi connectivity index (χ2n) is 4.84. The Balaban J connectivity index is 2.23. The van der Waals surface area contributed by atoms with E-state index in [1.54, 1.807) is 6.92 Å². The molecule has 0 saturated heterocycles. The van der Waals surface area contributed by atoms with Gasteiger partial charge in [-0.3, -0.25) is 4.79 Å². The standard InChI is InChI=1S/C14H16N2O3S/c1-3-19-14(18)12(17)16-13-10(7-15)9-5-4-8(2)6-11(9)20-13/h8H,3-6H2,1-2H3,(H,16,17)/t8-/m0/s1. The summed E-state index contributed by atoms with van der Waals surface area (Å²) in [6.07, 6.45) is 2.82. The van der Waals surface area contributed by atoms with Crippen molar-refractivity contribution in [3.05, 3.63) is 16.0 Å². The van der Waals surface area contributed by atoms with E-state index in [1.807, 2.05) is 0 Å². The Bertz CT molecular complexity index is 586. The first-order valence-electron chi connectivity index (χ1n) is 6.59. The van der Waals surface area contributed by atoms with E-state index in [2.05, 4.69) is 23.0 Å². The maximum Gasteiger partial charge on any atom is 0.397 e. The largest absolute Gasteiger partial charge is 0.459 e. The van der Waals surface area contributed by atoms with Gasteiger partial charge in [-0.2, -0.15) is 5.26 Å². The maximum atomic E-state index is 11.7. The lowest BCUT2D eigenvalue weighted by molar-refractivity contribution is -0.152. The first kappa shape index (κ1) is 14.5. The van der Waals surface area contributed by atoms with Gasteiger partial charge >= 0.3 is 11.9 Å². The number of carbonyl (C=O) groups excluding carboxylic acids is 2. The fourth-order valence-electron chi connectivity index (χ4n) is 2.31. The topological polar surface area (TPSA) is 79.2 Å². The molecule has 0 unspecified atom stereocenters. The van der Waals surface area contributed by atoms with Gasteiger partial charge in [-0.1, -0.05) is 6.92 Å². The van der Waals surface area contributed by atoms with Crippen LogP contribution < -0.4 is 5.32 Å². The van der Waals surface area contributed by atoms with E-state index in [9.17, 15) is 14.9 Å². The fraction of sp³-hybridized carbons (Fsp3) is 0.500. The third-order valence-corrected chi connectivity index (χ3v) is 4.48. The zero-order valence-corrected chi connectivity index (χ0v) is 12.3. The van der Waals surface area contributed by atoms with E-state index in [-0.39, 0.29) is 6.61 Å². The second kappa shape index (κ2) is 6.06. The molecule has 20 heavy (non-hydrogen) atoms. The molecule has 5 nitrogen and oxygen atoms in total. The number of esters is 1. The Hall–Kier alpha value is -1.87. The van der Waals surface area contributed by atoms with Crippen LogP contribution in [0.25, 0.3) is 0 Å². The van der Waals surface area contributed by atoms with Crippen LogP contribution in [0.4, 0.5) is 5.00 Å². The maximum absolute atomic E-state index is 11.7. The zero-order valence-electron chi connectivity index (χ0n) is 11.5. The smallest absolute Gasteiger partial charge is 0.397 e. The molecular formula is C14H16N2O3S. The zero-order chi connectivity index (χ0) is 14.7. The van der Waals surface area contributed by atoms with Crippen molar-refractivity contribution in [2.75, 3.05) is 11.9 Å². The molecule has 0 aromatic carbocycles. The molecule has 6 heteroatoms. The summed E-state index contributed by atoms with van der Waals surface area (Å²) in [6, 6.07) is 2.14. The quantitative estimate of drug-likeness (QED) is 0.669. The van der Waals surface area contributed by atoms with Gasteiger partial charge in [-0.25, -0.2) is 4.79 Å². The molecule has 1 heterocycles. The van der Waals surface area contributed by atoms with Gasteiger partial charge < -0.3 is 10.1 Å². The predicted octanol–water partition coefficient (Wildman–Crippen LogP) is 2.25. The summed E-state index contributed by atoms with van der Waals surface area (Å²) < 4.78 is 4.64. The van der Waals surface area contributed by atoms with E-state index in [4.69, 9.17) is 0 Å². The molecule has 0 fully saturated rings. The number of ether oxygens (including phenoxy) is 1. The lowest BCUT2D eigenvalue weighted by Gasteiger charge is -2.17. The fourth-order valence-corrected chi connectivity index (χ4v) is 3.66. The highest BCUT2D eigenvalue weighted by Gasteiger charge is 2.26. The summed E-state index contributed by atoms with van der Waals surface area (Å²) in [5.74, 6) is -1.16. The van der Waals surface area contributed by atoms with Crippen molar-refractivity contribution in [1.82, 2.24) is 0 Å². The number of thiophene rings is 1. The highest BCUT2D eigenvalue weighted by atomic mass is 32.1. The Labute approximate surface area is 121 Å². The van der Waals surface area contributed by atoms with Crippen molar-refractivity contribution in [3.8, 4) is 6.07 Å². The molecule has 2 rings (SSSR count). The number of carbonyl (C=O) groups is 2. The Morgan fingerprint density at radius 1 is 1.55 bits per heavy atom. The van der Waals surface area contributed by atoms with Crippen LogP contribution in [-0.4, -0.2) is 18.5 Å². The molecule has 0 radical (unpaired) electrons. The summed E-state index contributed by atoms with van der Waals surface area (Å²) in [5.41, 5.74) is 1.52. The normalized spacial score (nSPS) is 16.9. The molecule has 0 bridgehead atoms. The average molecular weight is 292 g/mol. The Kier molecular flexibility index (Phi) is 4.40. The number of hydrogen-bond donors (Lipinski definition) is 1. The van der Waals surface area contributed by atoms with Gasteiger partial charge in [-0.05, 0) is 37.7 Å². The number of hydrogen-bond acceptors (Lipinski definition) is 5. The average Bonchev–Trinajstić information content (AvgIpc) is 2.74. The molecule has 0 saturated carbocycles. The molecule has 0 spiro atoms. The first-order chi connectivity index (χ1) is 9.56. The minimum atomic E-state index is -0.920. The Morgan fingerprint density at radius 3 is 2.95 bits per heavy atom. The van der Waals surface area contributed by atoms with Crippen molar-refractivity contribution in [2.24, 2.45) is 5.92 Å². The van der Waals surface area contributed by atoms with Gasteiger partial charge in [0.25, 0.3) is 0 Å². The number of fused-ring (bicyclic) bond motifs is 1.